The van der Waals surface area contributed by atoms with E-state index in [1.807, 2.05) is 35.2 Å². The topological polar surface area (TPSA) is 78.7 Å². The van der Waals surface area contributed by atoms with Gasteiger partial charge in [-0.25, -0.2) is 4.79 Å². The van der Waals surface area contributed by atoms with Crippen molar-refractivity contribution in [1.29, 1.82) is 0 Å². The van der Waals surface area contributed by atoms with Crippen LogP contribution in [0.1, 0.15) is 23.6 Å². The maximum absolute atomic E-state index is 12.8. The number of primary amides is 1. The predicted molar refractivity (Wildman–Crippen MR) is 106 cm³/mol. The van der Waals surface area contributed by atoms with Crippen molar-refractivity contribution < 1.29 is 9.59 Å². The lowest BCUT2D eigenvalue weighted by Crippen LogP contribution is -2.49. The van der Waals surface area contributed by atoms with Crippen LogP contribution in [0.5, 0.6) is 0 Å². The molecule has 1 saturated heterocycles. The summed E-state index contributed by atoms with van der Waals surface area (Å²) in [5.41, 5.74) is 8.60. The van der Waals surface area contributed by atoms with Crippen LogP contribution in [0.2, 0.25) is 0 Å². The van der Waals surface area contributed by atoms with Crippen LogP contribution < -0.4 is 16.0 Å². The van der Waals surface area contributed by atoms with Gasteiger partial charge < -0.3 is 20.9 Å². The summed E-state index contributed by atoms with van der Waals surface area (Å²) in [5, 5.41) is 2.69. The van der Waals surface area contributed by atoms with Crippen LogP contribution in [-0.2, 0) is 4.79 Å². The normalized spacial score (nSPS) is 15.3. The molecular weight excluding hydrogens is 340 g/mol. The number of aryl methyl sites for hydroxylation is 1. The Morgan fingerprint density at radius 1 is 1.04 bits per heavy atom. The lowest BCUT2D eigenvalue weighted by molar-refractivity contribution is -0.132. The van der Waals surface area contributed by atoms with Gasteiger partial charge in [-0.1, -0.05) is 42.5 Å². The van der Waals surface area contributed by atoms with Crippen molar-refractivity contribution in [1.82, 2.24) is 10.2 Å². The summed E-state index contributed by atoms with van der Waals surface area (Å²) in [6, 6.07) is 16.8. The molecular formula is C21H26N4O2. The van der Waals surface area contributed by atoms with Gasteiger partial charge in [0, 0.05) is 31.9 Å². The quantitative estimate of drug-likeness (QED) is 0.853. The monoisotopic (exact) mass is 366 g/mol. The average molecular weight is 366 g/mol. The van der Waals surface area contributed by atoms with E-state index in [1.54, 1.807) is 0 Å². The van der Waals surface area contributed by atoms with Gasteiger partial charge in [0.1, 0.15) is 0 Å². The second-order valence-electron chi connectivity index (χ2n) is 6.88. The standard InChI is InChI=1S/C21H26N4O2/c1-16-6-5-9-18(14-16)24-10-12-25(13-11-24)20(26)15-19(23-21(22)27)17-7-3-2-4-8-17/h2-9,14,19H,10-13,15H2,1H3,(H3,22,23,27). The first kappa shape index (κ1) is 18.8. The molecule has 1 aliphatic heterocycles. The summed E-state index contributed by atoms with van der Waals surface area (Å²) in [6.45, 7) is 5.03. The molecule has 1 unspecified atom stereocenters. The van der Waals surface area contributed by atoms with Crippen molar-refractivity contribution in [3.63, 3.8) is 0 Å². The van der Waals surface area contributed by atoms with E-state index in [9.17, 15) is 9.59 Å². The second kappa shape index (κ2) is 8.58. The molecule has 0 radical (unpaired) electrons. The highest BCUT2D eigenvalue weighted by molar-refractivity contribution is 5.79. The van der Waals surface area contributed by atoms with Gasteiger partial charge in [-0.3, -0.25) is 4.79 Å². The van der Waals surface area contributed by atoms with Crippen LogP contribution in [0.4, 0.5) is 10.5 Å². The molecule has 6 heteroatoms. The van der Waals surface area contributed by atoms with Gasteiger partial charge >= 0.3 is 6.03 Å². The highest BCUT2D eigenvalue weighted by atomic mass is 16.2. The summed E-state index contributed by atoms with van der Waals surface area (Å²) < 4.78 is 0. The summed E-state index contributed by atoms with van der Waals surface area (Å²) in [7, 11) is 0. The summed E-state index contributed by atoms with van der Waals surface area (Å²) >= 11 is 0. The molecule has 0 aliphatic carbocycles. The molecule has 2 aromatic rings. The zero-order chi connectivity index (χ0) is 19.2. The van der Waals surface area contributed by atoms with Crippen molar-refractivity contribution >= 4 is 17.6 Å². The van der Waals surface area contributed by atoms with E-state index in [-0.39, 0.29) is 12.3 Å². The lowest BCUT2D eigenvalue weighted by atomic mass is 10.0. The number of hydrogen-bond donors (Lipinski definition) is 2. The molecule has 0 spiro atoms. The molecule has 1 fully saturated rings. The van der Waals surface area contributed by atoms with Crippen molar-refractivity contribution in [2.75, 3.05) is 31.1 Å². The van der Waals surface area contributed by atoms with E-state index in [0.29, 0.717) is 13.1 Å². The Labute approximate surface area is 159 Å². The third-order valence-corrected chi connectivity index (χ3v) is 4.90. The maximum atomic E-state index is 12.8. The minimum atomic E-state index is -0.624. The number of rotatable bonds is 5. The van der Waals surface area contributed by atoms with Crippen molar-refractivity contribution in [2.45, 2.75) is 19.4 Å². The summed E-state index contributed by atoms with van der Waals surface area (Å²) in [5.74, 6) is 0.0292. The van der Waals surface area contributed by atoms with Crippen molar-refractivity contribution in [3.8, 4) is 0 Å². The zero-order valence-electron chi connectivity index (χ0n) is 15.6. The summed E-state index contributed by atoms with van der Waals surface area (Å²) in [6.07, 6.45) is 0.206. The minimum Gasteiger partial charge on any atom is -0.368 e. The van der Waals surface area contributed by atoms with Gasteiger partial charge in [-0.2, -0.15) is 0 Å². The molecule has 0 aromatic heterocycles. The lowest BCUT2D eigenvalue weighted by Gasteiger charge is -2.37. The first-order valence-electron chi connectivity index (χ1n) is 9.23. The molecule has 142 valence electrons. The SMILES string of the molecule is Cc1cccc(N2CCN(C(=O)CC(NC(N)=O)c3ccccc3)CC2)c1. The fourth-order valence-electron chi connectivity index (χ4n) is 3.45. The fraction of sp³-hybridized carbons (Fsp3) is 0.333. The van der Waals surface area contributed by atoms with E-state index in [2.05, 4.69) is 41.4 Å². The number of nitrogens with one attached hydrogen (secondary N) is 1. The molecule has 6 nitrogen and oxygen atoms in total. The van der Waals surface area contributed by atoms with Gasteiger partial charge in [-0.15, -0.1) is 0 Å². The highest BCUT2D eigenvalue weighted by Crippen LogP contribution is 2.21. The first-order chi connectivity index (χ1) is 13.0. The number of amides is 3. The fourth-order valence-corrected chi connectivity index (χ4v) is 3.45. The molecule has 3 rings (SSSR count). The van der Waals surface area contributed by atoms with Crippen LogP contribution >= 0.6 is 0 Å². The second-order valence-corrected chi connectivity index (χ2v) is 6.88. The molecule has 3 N–H and O–H groups in total. The van der Waals surface area contributed by atoms with Crippen molar-refractivity contribution in [3.05, 3.63) is 65.7 Å². The number of anilines is 1. The van der Waals surface area contributed by atoms with E-state index >= 15 is 0 Å². The highest BCUT2D eigenvalue weighted by Gasteiger charge is 2.25. The number of carbonyl (C=O) groups is 2. The number of nitrogens with two attached hydrogens (primary N) is 1. The van der Waals surface area contributed by atoms with Crippen molar-refractivity contribution in [2.24, 2.45) is 5.73 Å². The Bertz CT molecular complexity index is 786. The number of nitrogens with zero attached hydrogens (tertiary/aromatic N) is 2. The van der Waals surface area contributed by atoms with E-state index in [4.69, 9.17) is 5.73 Å². The predicted octanol–water partition coefficient (Wildman–Crippen LogP) is 2.44. The third kappa shape index (κ3) is 5.00. The van der Waals surface area contributed by atoms with Gasteiger partial charge in [0.15, 0.2) is 0 Å². The minimum absolute atomic E-state index is 0.0292. The third-order valence-electron chi connectivity index (χ3n) is 4.90. The Balaban J connectivity index is 1.60. The Hall–Kier alpha value is -3.02. The molecule has 27 heavy (non-hydrogen) atoms. The van der Waals surface area contributed by atoms with Crippen LogP contribution in [0.25, 0.3) is 0 Å². The zero-order valence-corrected chi connectivity index (χ0v) is 15.6. The van der Waals surface area contributed by atoms with Crippen LogP contribution in [0.15, 0.2) is 54.6 Å². The molecule has 2 aromatic carbocycles. The maximum Gasteiger partial charge on any atom is 0.312 e. The number of urea groups is 1. The molecule has 0 saturated carbocycles. The van der Waals surface area contributed by atoms with E-state index < -0.39 is 12.1 Å². The van der Waals surface area contributed by atoms with E-state index in [0.717, 1.165) is 18.7 Å². The number of piperazine rings is 1. The Morgan fingerprint density at radius 3 is 2.37 bits per heavy atom. The van der Waals surface area contributed by atoms with E-state index in [1.165, 1.54) is 11.3 Å². The average Bonchev–Trinajstić information content (AvgIpc) is 2.68. The van der Waals surface area contributed by atoms with Crippen LogP contribution in [-0.4, -0.2) is 43.0 Å². The van der Waals surface area contributed by atoms with Crippen LogP contribution in [0.3, 0.4) is 0 Å². The molecule has 0 bridgehead atoms. The first-order valence-corrected chi connectivity index (χ1v) is 9.23. The largest absolute Gasteiger partial charge is 0.368 e. The number of carbonyl (C=O) groups excluding carboxylic acids is 2. The molecule has 3 amide bonds. The number of benzene rings is 2. The van der Waals surface area contributed by atoms with Crippen LogP contribution in [0, 0.1) is 6.92 Å². The molecule has 1 atom stereocenters. The van der Waals surface area contributed by atoms with Gasteiger partial charge in [0.2, 0.25) is 5.91 Å². The smallest absolute Gasteiger partial charge is 0.312 e. The Kier molecular flexibility index (Phi) is 5.96. The number of hydrogen-bond acceptors (Lipinski definition) is 3. The summed E-state index contributed by atoms with van der Waals surface area (Å²) in [4.78, 5) is 28.3. The van der Waals surface area contributed by atoms with Gasteiger partial charge in [0.05, 0.1) is 12.5 Å². The van der Waals surface area contributed by atoms with Gasteiger partial charge in [0.25, 0.3) is 0 Å². The van der Waals surface area contributed by atoms with Gasteiger partial charge in [-0.05, 0) is 30.2 Å². The Morgan fingerprint density at radius 2 is 1.74 bits per heavy atom. The molecule has 1 aliphatic rings. The molecule has 1 heterocycles.